The number of methoxy groups -OCH3 is 6. The van der Waals surface area contributed by atoms with Crippen LogP contribution in [0.2, 0.25) is 0 Å². The Labute approximate surface area is 235 Å². The maximum Gasteiger partial charge on any atom is 0.161 e. The maximum absolute atomic E-state index is 5.80. The van der Waals surface area contributed by atoms with Gasteiger partial charge in [0.05, 0.1) is 42.7 Å². The van der Waals surface area contributed by atoms with Gasteiger partial charge in [-0.3, -0.25) is 0 Å². The second kappa shape index (κ2) is 10.3. The Kier molecular flexibility index (Phi) is 6.70. The van der Waals surface area contributed by atoms with Crippen molar-refractivity contribution in [3.63, 3.8) is 0 Å². The Balaban J connectivity index is 1.64. The summed E-state index contributed by atoms with van der Waals surface area (Å²) in [5, 5.41) is 0. The minimum atomic E-state index is 0.0887. The predicted molar refractivity (Wildman–Crippen MR) is 154 cm³/mol. The van der Waals surface area contributed by atoms with Crippen molar-refractivity contribution >= 4 is 0 Å². The summed E-state index contributed by atoms with van der Waals surface area (Å²) in [5.74, 6) is 5.08. The van der Waals surface area contributed by atoms with Crippen molar-refractivity contribution in [2.24, 2.45) is 0 Å². The zero-order valence-electron chi connectivity index (χ0n) is 23.7. The van der Waals surface area contributed by atoms with Crippen molar-refractivity contribution in [1.82, 2.24) is 0 Å². The van der Waals surface area contributed by atoms with Crippen molar-refractivity contribution in [2.75, 3.05) is 42.7 Å². The zero-order chi connectivity index (χ0) is 28.0. The summed E-state index contributed by atoms with van der Waals surface area (Å²) in [6.45, 7) is 0. The van der Waals surface area contributed by atoms with Gasteiger partial charge in [-0.2, -0.15) is 0 Å². The standard InChI is InChI=1S/C34H34O6/c1-35-21-11-7-19(8-12-21)31-23-15-27(37-3)29(39-5)17-25(23)34-32(20-9-13-22(36-2)14-10-20)24-16-28(38-4)30(40-6)18-26(24)33(31)34/h7-18,31-34H,1-6H3/t31-,32-,33+,34+/m1/s1. The van der Waals surface area contributed by atoms with E-state index in [4.69, 9.17) is 28.4 Å². The number of fused-ring (bicyclic) bond motifs is 5. The van der Waals surface area contributed by atoms with Gasteiger partial charge in [0, 0.05) is 23.7 Å². The normalized spacial score (nSPS) is 20.2. The highest BCUT2D eigenvalue weighted by atomic mass is 16.5. The molecule has 0 aliphatic heterocycles. The number of benzene rings is 4. The summed E-state index contributed by atoms with van der Waals surface area (Å²) in [6, 6.07) is 25.5. The molecule has 0 N–H and O–H groups in total. The fraction of sp³-hybridized carbons (Fsp3) is 0.294. The maximum atomic E-state index is 5.80. The SMILES string of the molecule is COc1ccc([C@@H]2c3cc(OC)c(OC)cc3[C@H]3[C@H](c4ccc(OC)cc4)c4cc(OC)c(OC)cc4[C@@H]23)cc1. The van der Waals surface area contributed by atoms with Crippen LogP contribution in [0, 0.1) is 0 Å². The molecule has 206 valence electrons. The van der Waals surface area contributed by atoms with E-state index < -0.39 is 0 Å². The van der Waals surface area contributed by atoms with Gasteiger partial charge in [0.1, 0.15) is 11.5 Å². The lowest BCUT2D eigenvalue weighted by Crippen LogP contribution is -2.10. The molecule has 0 bridgehead atoms. The Bertz CT molecular complexity index is 1410. The third-order valence-corrected chi connectivity index (χ3v) is 8.62. The molecule has 2 aliphatic rings. The van der Waals surface area contributed by atoms with Gasteiger partial charge >= 0.3 is 0 Å². The molecule has 40 heavy (non-hydrogen) atoms. The van der Waals surface area contributed by atoms with Crippen LogP contribution in [0.15, 0.2) is 72.8 Å². The van der Waals surface area contributed by atoms with E-state index in [0.29, 0.717) is 0 Å². The first kappa shape index (κ1) is 25.9. The van der Waals surface area contributed by atoms with Crippen LogP contribution >= 0.6 is 0 Å². The average Bonchev–Trinajstić information content (AvgIpc) is 3.50. The summed E-state index contributed by atoms with van der Waals surface area (Å²) in [5.41, 5.74) is 7.46. The fourth-order valence-corrected chi connectivity index (χ4v) is 6.88. The Morgan fingerprint density at radius 2 is 0.675 bits per heavy atom. The summed E-state index contributed by atoms with van der Waals surface area (Å²) < 4.78 is 34.1. The van der Waals surface area contributed by atoms with E-state index in [1.807, 2.05) is 24.3 Å². The first-order chi connectivity index (χ1) is 19.6. The Morgan fingerprint density at radius 1 is 0.375 bits per heavy atom. The van der Waals surface area contributed by atoms with Gasteiger partial charge in [-0.1, -0.05) is 24.3 Å². The van der Waals surface area contributed by atoms with E-state index in [-0.39, 0.29) is 23.7 Å². The average molecular weight is 539 g/mol. The highest BCUT2D eigenvalue weighted by molar-refractivity contribution is 5.66. The first-order valence-corrected chi connectivity index (χ1v) is 13.4. The molecule has 6 nitrogen and oxygen atoms in total. The van der Waals surface area contributed by atoms with Gasteiger partial charge < -0.3 is 28.4 Å². The number of hydrogen-bond acceptors (Lipinski definition) is 6. The van der Waals surface area contributed by atoms with Crippen molar-refractivity contribution in [3.05, 3.63) is 106 Å². The number of hydrogen-bond donors (Lipinski definition) is 0. The topological polar surface area (TPSA) is 55.4 Å². The fourth-order valence-electron chi connectivity index (χ4n) is 6.88. The van der Waals surface area contributed by atoms with Crippen LogP contribution in [0.3, 0.4) is 0 Å². The molecule has 0 saturated heterocycles. The lowest BCUT2D eigenvalue weighted by Gasteiger charge is -2.23. The molecule has 0 unspecified atom stereocenters. The molecule has 0 heterocycles. The highest BCUT2D eigenvalue weighted by Crippen LogP contribution is 2.67. The molecule has 4 aromatic carbocycles. The van der Waals surface area contributed by atoms with E-state index >= 15 is 0 Å². The second-order valence-electron chi connectivity index (χ2n) is 10.2. The smallest absolute Gasteiger partial charge is 0.161 e. The quantitative estimate of drug-likeness (QED) is 0.243. The predicted octanol–water partition coefficient (Wildman–Crippen LogP) is 6.90. The van der Waals surface area contributed by atoms with Crippen LogP contribution in [0.4, 0.5) is 0 Å². The highest BCUT2D eigenvalue weighted by Gasteiger charge is 2.53. The summed E-state index contributed by atoms with van der Waals surface area (Å²) in [4.78, 5) is 0. The first-order valence-electron chi connectivity index (χ1n) is 13.4. The third kappa shape index (κ3) is 3.93. The monoisotopic (exact) mass is 538 g/mol. The van der Waals surface area contributed by atoms with Crippen LogP contribution in [-0.4, -0.2) is 42.7 Å². The molecule has 0 fully saturated rings. The summed E-state index contributed by atoms with van der Waals surface area (Å²) in [7, 11) is 10.2. The molecule has 0 aromatic heterocycles. The molecule has 0 spiro atoms. The molecular weight excluding hydrogens is 504 g/mol. The molecule has 0 saturated carbocycles. The molecular formula is C34H34O6. The number of rotatable bonds is 8. The Morgan fingerprint density at radius 3 is 0.950 bits per heavy atom. The van der Waals surface area contributed by atoms with Gasteiger partial charge in [0.2, 0.25) is 0 Å². The van der Waals surface area contributed by atoms with E-state index in [0.717, 1.165) is 34.5 Å². The molecule has 0 amide bonds. The third-order valence-electron chi connectivity index (χ3n) is 8.62. The van der Waals surface area contributed by atoms with Crippen LogP contribution in [0.25, 0.3) is 0 Å². The van der Waals surface area contributed by atoms with E-state index in [1.165, 1.54) is 33.4 Å². The lowest BCUT2D eigenvalue weighted by atomic mass is 9.79. The number of ether oxygens (including phenoxy) is 6. The van der Waals surface area contributed by atoms with Crippen molar-refractivity contribution in [1.29, 1.82) is 0 Å². The van der Waals surface area contributed by atoms with Crippen LogP contribution in [-0.2, 0) is 0 Å². The van der Waals surface area contributed by atoms with Gasteiger partial charge in [-0.15, -0.1) is 0 Å². The van der Waals surface area contributed by atoms with Crippen molar-refractivity contribution in [3.8, 4) is 34.5 Å². The molecule has 6 heteroatoms. The summed E-state index contributed by atoms with van der Waals surface area (Å²) in [6.07, 6.45) is 0. The van der Waals surface area contributed by atoms with E-state index in [9.17, 15) is 0 Å². The van der Waals surface area contributed by atoms with Crippen LogP contribution in [0.1, 0.15) is 57.1 Å². The van der Waals surface area contributed by atoms with Crippen molar-refractivity contribution in [2.45, 2.75) is 23.7 Å². The van der Waals surface area contributed by atoms with Gasteiger partial charge in [0.15, 0.2) is 23.0 Å². The minimum Gasteiger partial charge on any atom is -0.497 e. The summed E-state index contributed by atoms with van der Waals surface area (Å²) >= 11 is 0. The van der Waals surface area contributed by atoms with Crippen molar-refractivity contribution < 1.29 is 28.4 Å². The molecule has 4 aromatic rings. The molecule has 6 rings (SSSR count). The molecule has 2 aliphatic carbocycles. The molecule has 4 atom stereocenters. The second-order valence-corrected chi connectivity index (χ2v) is 10.2. The minimum absolute atomic E-state index is 0.0887. The van der Waals surface area contributed by atoms with Crippen LogP contribution < -0.4 is 28.4 Å². The van der Waals surface area contributed by atoms with E-state index in [1.54, 1.807) is 42.7 Å². The Hall–Kier alpha value is -4.32. The zero-order valence-corrected chi connectivity index (χ0v) is 23.7. The van der Waals surface area contributed by atoms with Gasteiger partial charge in [-0.25, -0.2) is 0 Å². The van der Waals surface area contributed by atoms with Gasteiger partial charge in [-0.05, 0) is 81.9 Å². The van der Waals surface area contributed by atoms with E-state index in [2.05, 4.69) is 48.5 Å². The largest absolute Gasteiger partial charge is 0.497 e. The molecule has 0 radical (unpaired) electrons. The van der Waals surface area contributed by atoms with Crippen LogP contribution in [0.5, 0.6) is 34.5 Å². The van der Waals surface area contributed by atoms with Gasteiger partial charge in [0.25, 0.3) is 0 Å². The lowest BCUT2D eigenvalue weighted by molar-refractivity contribution is 0.353.